The fourth-order valence-electron chi connectivity index (χ4n) is 6.41. The monoisotopic (exact) mass is 329 g/mol. The lowest BCUT2D eigenvalue weighted by molar-refractivity contribution is -0.190. The van der Waals surface area contributed by atoms with Crippen molar-refractivity contribution in [1.29, 1.82) is 0 Å². The largest absolute Gasteiger partial charge is 0.393 e. The summed E-state index contributed by atoms with van der Waals surface area (Å²) in [6.45, 7) is 0. The molecule has 5 saturated carbocycles. The fourth-order valence-corrected chi connectivity index (χ4v) is 6.41. The summed E-state index contributed by atoms with van der Waals surface area (Å²) in [7, 11) is 0. The zero-order chi connectivity index (χ0) is 16.2. The minimum atomic E-state index is -4.19. The Labute approximate surface area is 135 Å². The number of amides is 1. The van der Waals surface area contributed by atoms with E-state index in [1.54, 1.807) is 0 Å². The Balaban J connectivity index is 1.49. The molecule has 1 amide bonds. The van der Waals surface area contributed by atoms with Gasteiger partial charge in [0.15, 0.2) is 0 Å². The molecule has 0 saturated heterocycles. The zero-order valence-corrected chi connectivity index (χ0v) is 13.5. The molecule has 130 valence electrons. The summed E-state index contributed by atoms with van der Waals surface area (Å²) >= 11 is 0. The van der Waals surface area contributed by atoms with Crippen LogP contribution in [0.3, 0.4) is 0 Å². The van der Waals surface area contributed by atoms with Gasteiger partial charge in [-0.2, -0.15) is 13.2 Å². The van der Waals surface area contributed by atoms with Gasteiger partial charge < -0.3 is 5.32 Å². The first-order valence-electron chi connectivity index (χ1n) is 9.23. The summed E-state index contributed by atoms with van der Waals surface area (Å²) in [5.41, 5.74) is -0.345. The highest BCUT2D eigenvalue weighted by Gasteiger charge is 2.55. The molecule has 0 aliphatic heterocycles. The number of hydrogen-bond donors (Lipinski definition) is 1. The molecule has 1 N–H and O–H groups in total. The fraction of sp³-hybridized carbons (Fsp3) is 0.944. The first kappa shape index (κ1) is 15.8. The number of alkyl halides is 3. The van der Waals surface area contributed by atoms with Crippen LogP contribution in [-0.4, -0.2) is 18.1 Å². The van der Waals surface area contributed by atoms with Crippen molar-refractivity contribution in [2.24, 2.45) is 29.1 Å². The molecule has 5 aliphatic rings. The van der Waals surface area contributed by atoms with E-state index in [0.29, 0.717) is 30.6 Å². The van der Waals surface area contributed by atoms with Gasteiger partial charge in [0.1, 0.15) is 0 Å². The summed E-state index contributed by atoms with van der Waals surface area (Å²) in [5.74, 6) is 0.497. The standard InChI is InChI=1S/C18H26F3NO/c19-18(20,21)14-3-1-2-4-15(14)22-16(23)17-8-11-5-12(9-17)7-13(6-11)10-17/h11-15H,1-10H2,(H,22,23)/t11?,12?,13?,14-,15-,17?/m0/s1. The Kier molecular flexibility index (Phi) is 3.69. The van der Waals surface area contributed by atoms with Gasteiger partial charge >= 0.3 is 6.18 Å². The lowest BCUT2D eigenvalue weighted by Gasteiger charge is -2.56. The van der Waals surface area contributed by atoms with Gasteiger partial charge in [0, 0.05) is 11.5 Å². The quantitative estimate of drug-likeness (QED) is 0.797. The number of rotatable bonds is 2. The second-order valence-electron chi connectivity index (χ2n) is 8.71. The van der Waals surface area contributed by atoms with Crippen molar-refractivity contribution >= 4 is 5.91 Å². The highest BCUT2D eigenvalue weighted by Crippen LogP contribution is 2.60. The third-order valence-electron chi connectivity index (χ3n) is 7.02. The Morgan fingerprint density at radius 3 is 1.96 bits per heavy atom. The van der Waals surface area contributed by atoms with Gasteiger partial charge in [-0.3, -0.25) is 4.79 Å². The first-order valence-corrected chi connectivity index (χ1v) is 9.23. The second kappa shape index (κ2) is 5.38. The van der Waals surface area contributed by atoms with Crippen molar-refractivity contribution in [2.75, 3.05) is 0 Å². The predicted octanol–water partition coefficient (Wildman–Crippen LogP) is 4.44. The molecule has 5 rings (SSSR count). The Morgan fingerprint density at radius 1 is 0.913 bits per heavy atom. The van der Waals surface area contributed by atoms with E-state index in [0.717, 1.165) is 25.7 Å². The molecule has 0 aromatic heterocycles. The lowest BCUT2D eigenvalue weighted by atomic mass is 9.49. The summed E-state index contributed by atoms with van der Waals surface area (Å²) in [4.78, 5) is 13.0. The van der Waals surface area contributed by atoms with Crippen LogP contribution >= 0.6 is 0 Å². The third kappa shape index (κ3) is 2.78. The maximum atomic E-state index is 13.3. The average Bonchev–Trinajstić information content (AvgIpc) is 2.45. The Bertz CT molecular complexity index is 452. The summed E-state index contributed by atoms with van der Waals surface area (Å²) in [5, 5.41) is 2.87. The molecule has 4 bridgehead atoms. The minimum Gasteiger partial charge on any atom is -0.352 e. The predicted molar refractivity (Wildman–Crippen MR) is 80.5 cm³/mol. The number of carbonyl (C=O) groups excluding carboxylic acids is 1. The van der Waals surface area contributed by atoms with E-state index in [4.69, 9.17) is 0 Å². The van der Waals surface area contributed by atoms with Crippen molar-refractivity contribution in [1.82, 2.24) is 5.32 Å². The van der Waals surface area contributed by atoms with Gasteiger partial charge in [-0.15, -0.1) is 0 Å². The van der Waals surface area contributed by atoms with Crippen LogP contribution in [0.5, 0.6) is 0 Å². The van der Waals surface area contributed by atoms with Crippen molar-refractivity contribution in [2.45, 2.75) is 76.4 Å². The molecule has 0 aromatic carbocycles. The van der Waals surface area contributed by atoms with Gasteiger partial charge in [0.2, 0.25) is 5.91 Å². The number of hydrogen-bond acceptors (Lipinski definition) is 1. The average molecular weight is 329 g/mol. The maximum absolute atomic E-state index is 13.3. The highest BCUT2D eigenvalue weighted by atomic mass is 19.4. The lowest BCUT2D eigenvalue weighted by Crippen LogP contribution is -2.57. The number of halogens is 3. The van der Waals surface area contributed by atoms with E-state index < -0.39 is 18.1 Å². The highest BCUT2D eigenvalue weighted by molar-refractivity contribution is 5.83. The molecule has 23 heavy (non-hydrogen) atoms. The third-order valence-corrected chi connectivity index (χ3v) is 7.02. The zero-order valence-electron chi connectivity index (χ0n) is 13.5. The molecule has 0 radical (unpaired) electrons. The van der Waals surface area contributed by atoms with Crippen LogP contribution in [0.1, 0.15) is 64.2 Å². The van der Waals surface area contributed by atoms with Crippen LogP contribution in [-0.2, 0) is 4.79 Å². The summed E-state index contributed by atoms with van der Waals surface area (Å²) in [6, 6.07) is -0.704. The molecular weight excluding hydrogens is 303 g/mol. The molecule has 2 nitrogen and oxygen atoms in total. The number of nitrogens with one attached hydrogen (secondary N) is 1. The van der Waals surface area contributed by atoms with Crippen molar-refractivity contribution in [3.05, 3.63) is 0 Å². The van der Waals surface area contributed by atoms with Crippen LogP contribution in [0.15, 0.2) is 0 Å². The maximum Gasteiger partial charge on any atom is 0.393 e. The molecule has 0 unspecified atom stereocenters. The van der Waals surface area contributed by atoms with E-state index in [2.05, 4.69) is 5.32 Å². The van der Waals surface area contributed by atoms with Crippen LogP contribution in [0.2, 0.25) is 0 Å². The van der Waals surface area contributed by atoms with Crippen LogP contribution in [0.4, 0.5) is 13.2 Å². The Hall–Kier alpha value is -0.740. The van der Waals surface area contributed by atoms with E-state index in [9.17, 15) is 18.0 Å². The van der Waals surface area contributed by atoms with Gasteiger partial charge in [-0.05, 0) is 69.1 Å². The topological polar surface area (TPSA) is 29.1 Å². The molecule has 0 aromatic rings. The second-order valence-corrected chi connectivity index (χ2v) is 8.71. The SMILES string of the molecule is O=C(N[C@H]1CCCC[C@@H]1C(F)(F)F)C12CC3CC(CC(C3)C1)C2. The van der Waals surface area contributed by atoms with E-state index in [1.807, 2.05) is 0 Å². The van der Waals surface area contributed by atoms with Gasteiger partial charge in [-0.25, -0.2) is 0 Å². The molecule has 5 aliphatic carbocycles. The van der Waals surface area contributed by atoms with Gasteiger partial charge in [0.25, 0.3) is 0 Å². The van der Waals surface area contributed by atoms with Crippen LogP contribution in [0.25, 0.3) is 0 Å². The normalized spacial score (nSPS) is 46.0. The molecule has 5 fully saturated rings. The molecule has 0 heterocycles. The van der Waals surface area contributed by atoms with Crippen LogP contribution < -0.4 is 5.32 Å². The van der Waals surface area contributed by atoms with Crippen LogP contribution in [0, 0.1) is 29.1 Å². The van der Waals surface area contributed by atoms with Gasteiger partial charge in [0.05, 0.1) is 5.92 Å². The van der Waals surface area contributed by atoms with Crippen molar-refractivity contribution < 1.29 is 18.0 Å². The molecular formula is C18H26F3NO. The molecule has 0 spiro atoms. The van der Waals surface area contributed by atoms with E-state index in [-0.39, 0.29) is 17.7 Å². The van der Waals surface area contributed by atoms with Crippen molar-refractivity contribution in [3.8, 4) is 0 Å². The molecule has 5 heteroatoms. The molecule has 2 atom stereocenters. The summed E-state index contributed by atoms with van der Waals surface area (Å²) < 4.78 is 39.8. The minimum absolute atomic E-state index is 0.0576. The first-order chi connectivity index (χ1) is 10.9. The van der Waals surface area contributed by atoms with E-state index >= 15 is 0 Å². The summed E-state index contributed by atoms with van der Waals surface area (Å²) in [6.07, 6.45) is 4.30. The van der Waals surface area contributed by atoms with Crippen molar-refractivity contribution in [3.63, 3.8) is 0 Å². The smallest absolute Gasteiger partial charge is 0.352 e. The van der Waals surface area contributed by atoms with Gasteiger partial charge in [-0.1, -0.05) is 12.8 Å². The van der Waals surface area contributed by atoms with E-state index in [1.165, 1.54) is 19.3 Å². The number of carbonyl (C=O) groups is 1. The Morgan fingerprint density at radius 2 is 1.43 bits per heavy atom.